The smallest absolute Gasteiger partial charge is 0.187 e. The molecule has 21 fully saturated rings. The van der Waals surface area contributed by atoms with Crippen LogP contribution in [-0.4, -0.2) is 461 Å². The average Bonchev–Trinajstić information content (AvgIpc) is 0.780. The van der Waals surface area contributed by atoms with E-state index in [9.17, 15) is 107 Å². The molecule has 0 saturated carbocycles. The second-order valence-corrected chi connectivity index (χ2v) is 24.0. The minimum Gasteiger partial charge on any atom is -0.394 e. The number of rotatable bonds is 28. The zero-order chi connectivity index (χ0) is 70.9. The SMILES string of the molecule is OCCOCC1OC2OC3C(COCCO)OC(OC4C(COCCO)OC(OC5C(COCCO)OC(OC6C(COCCO)OC(OC7C(COCCO)OC(OC8C(COCCO)OC(OC1C(O)C2O)C(O)C8O)C(O)C7O)C(O)C6O)C(O)C5O)C(O)C4O)C(O)C3O. The lowest BCUT2D eigenvalue weighted by atomic mass is 9.95. The summed E-state index contributed by atoms with van der Waals surface area (Å²) in [5, 5.41) is 234. The van der Waals surface area contributed by atoms with Gasteiger partial charge in [0.15, 0.2) is 44.0 Å². The van der Waals surface area contributed by atoms with Crippen LogP contribution in [0.25, 0.3) is 0 Å². The lowest BCUT2D eigenvalue weighted by Crippen LogP contribution is -2.68. The highest BCUT2D eigenvalue weighted by atomic mass is 16.8. The van der Waals surface area contributed by atoms with Gasteiger partial charge < -0.3 is 207 Å². The van der Waals surface area contributed by atoms with Gasteiger partial charge in [0.2, 0.25) is 0 Å². The van der Waals surface area contributed by atoms with Crippen LogP contribution in [0.3, 0.4) is 0 Å². The van der Waals surface area contributed by atoms with Crippen molar-refractivity contribution in [1.29, 1.82) is 0 Å². The van der Waals surface area contributed by atoms with Crippen LogP contribution in [0.1, 0.15) is 0 Å². The fourth-order valence-corrected chi connectivity index (χ4v) is 12.2. The Labute approximate surface area is 559 Å². The fourth-order valence-electron chi connectivity index (χ4n) is 12.2. The summed E-state index contributed by atoms with van der Waals surface area (Å²) in [4.78, 5) is 0. The average molecular weight is 1440 g/mol. The Morgan fingerprint density at radius 3 is 0.378 bits per heavy atom. The van der Waals surface area contributed by atoms with E-state index in [0.29, 0.717) is 0 Å². The van der Waals surface area contributed by atoms with Gasteiger partial charge in [-0.3, -0.25) is 0 Å². The molecule has 0 aromatic carbocycles. The van der Waals surface area contributed by atoms with E-state index in [1.54, 1.807) is 0 Å². The third kappa shape index (κ3) is 20.3. The first-order valence-electron chi connectivity index (χ1n) is 32.2. The summed E-state index contributed by atoms with van der Waals surface area (Å²) >= 11 is 0. The molecule has 42 nitrogen and oxygen atoms in total. The Hall–Kier alpha value is -1.68. The molecule has 21 N–H and O–H groups in total. The van der Waals surface area contributed by atoms with Gasteiger partial charge in [-0.25, -0.2) is 0 Å². The molecule has 35 atom stereocenters. The van der Waals surface area contributed by atoms with E-state index in [-0.39, 0.29) is 46.2 Å². The summed E-state index contributed by atoms with van der Waals surface area (Å²) in [6.07, 6.45) is -69.4. The molecule has 0 amide bonds. The topological polar surface area (TPSA) is 619 Å². The summed E-state index contributed by atoms with van der Waals surface area (Å²) < 4.78 is 124. The van der Waals surface area contributed by atoms with Crippen LogP contribution in [0.2, 0.25) is 0 Å². The highest BCUT2D eigenvalue weighted by molar-refractivity contribution is 5.02. The molecule has 35 unspecified atom stereocenters. The maximum Gasteiger partial charge on any atom is 0.187 e. The molecule has 21 aliphatic heterocycles. The lowest BCUT2D eigenvalue weighted by molar-refractivity contribution is -0.397. The molecule has 574 valence electrons. The van der Waals surface area contributed by atoms with Crippen molar-refractivity contribution in [2.24, 2.45) is 0 Å². The molecule has 0 aliphatic carbocycles. The van der Waals surface area contributed by atoms with Crippen molar-refractivity contribution in [3.63, 3.8) is 0 Å². The Balaban J connectivity index is 1.17. The molecule has 21 saturated heterocycles. The maximum absolute atomic E-state index is 11.9. The first-order chi connectivity index (χ1) is 47.2. The third-order valence-corrected chi connectivity index (χ3v) is 17.1. The summed E-state index contributed by atoms with van der Waals surface area (Å²) in [7, 11) is 0. The van der Waals surface area contributed by atoms with E-state index in [1.165, 1.54) is 0 Å². The van der Waals surface area contributed by atoms with E-state index in [0.717, 1.165) is 0 Å². The van der Waals surface area contributed by atoms with Crippen molar-refractivity contribution in [2.45, 2.75) is 215 Å². The van der Waals surface area contributed by atoms with Gasteiger partial charge in [-0.05, 0) is 0 Å². The van der Waals surface area contributed by atoms with Crippen LogP contribution in [0, 0.1) is 0 Å². The van der Waals surface area contributed by atoms with Crippen molar-refractivity contribution in [2.75, 3.05) is 139 Å². The highest BCUT2D eigenvalue weighted by Gasteiger charge is 2.60. The summed E-state index contributed by atoms with van der Waals surface area (Å²) in [6, 6.07) is 0. The van der Waals surface area contributed by atoms with Gasteiger partial charge in [0.05, 0.1) is 139 Å². The molecule has 0 aromatic rings. The quantitative estimate of drug-likeness (QED) is 0.0324. The zero-order valence-corrected chi connectivity index (χ0v) is 53.0. The van der Waals surface area contributed by atoms with E-state index >= 15 is 0 Å². The minimum atomic E-state index is -2.22. The molecule has 98 heavy (non-hydrogen) atoms. The standard InChI is InChI=1S/C56H98O42/c57-1-8-78-15-22-43-29(64)36(71)50(85-22)93-44-23(16-79-9-2-58)87-52(38(73)31(44)66)95-46-25(18-81-11-4-60)89-54(40(75)33(46)68)97-48-27(20-83-13-6-62)91-56(42(77)35(48)70)98-49-28(21-84-14-7-63)90-55(41(76)34(49)69)96-47-26(19-82-12-5-61)88-53(39(74)32(47)67)94-45-24(17-80-10-3-59)86-51(92-43)37(72)30(45)65/h22-77H,1-21H2. The molecule has 14 bridgehead atoms. The summed E-state index contributed by atoms with van der Waals surface area (Å²) in [6.45, 7) is -10.7. The van der Waals surface area contributed by atoms with Crippen molar-refractivity contribution >= 4 is 0 Å². The number of hydrogen-bond acceptors (Lipinski definition) is 42. The fraction of sp³-hybridized carbons (Fsp3) is 1.00. The summed E-state index contributed by atoms with van der Waals surface area (Å²) in [5.41, 5.74) is 0. The predicted molar refractivity (Wildman–Crippen MR) is 304 cm³/mol. The first-order valence-corrected chi connectivity index (χ1v) is 32.2. The Morgan fingerprint density at radius 1 is 0.163 bits per heavy atom. The van der Waals surface area contributed by atoms with Crippen LogP contribution >= 0.6 is 0 Å². The van der Waals surface area contributed by atoms with Crippen molar-refractivity contribution in [3.8, 4) is 0 Å². The molecular formula is C56H98O42. The van der Waals surface area contributed by atoms with Crippen molar-refractivity contribution in [3.05, 3.63) is 0 Å². The van der Waals surface area contributed by atoms with Crippen LogP contribution in [0.15, 0.2) is 0 Å². The van der Waals surface area contributed by atoms with Gasteiger partial charge >= 0.3 is 0 Å². The molecule has 21 rings (SSSR count). The van der Waals surface area contributed by atoms with Crippen LogP contribution in [-0.2, 0) is 99.5 Å². The number of hydrogen-bond donors (Lipinski definition) is 21. The molecule has 0 aromatic heterocycles. The molecular weight excluding hydrogens is 1340 g/mol. The van der Waals surface area contributed by atoms with E-state index in [2.05, 4.69) is 0 Å². The van der Waals surface area contributed by atoms with Gasteiger partial charge in [0.25, 0.3) is 0 Å². The Bertz CT molecular complexity index is 1800. The normalized spacial score (nSPS) is 46.1. The minimum absolute atomic E-state index is 0.359. The Kier molecular flexibility index (Phi) is 33.6. The van der Waals surface area contributed by atoms with E-state index < -0.39 is 307 Å². The molecule has 21 heterocycles. The predicted octanol–water partition coefficient (Wildman–Crippen LogP) is -15.1. The molecule has 0 spiro atoms. The number of aliphatic hydroxyl groups excluding tert-OH is 21. The molecule has 21 aliphatic rings. The van der Waals surface area contributed by atoms with Crippen LogP contribution < -0.4 is 0 Å². The van der Waals surface area contributed by atoms with Gasteiger partial charge in [0.1, 0.15) is 171 Å². The lowest BCUT2D eigenvalue weighted by Gasteiger charge is -2.50. The van der Waals surface area contributed by atoms with Gasteiger partial charge in [0, 0.05) is 0 Å². The van der Waals surface area contributed by atoms with Crippen LogP contribution in [0.5, 0.6) is 0 Å². The number of aliphatic hydroxyl groups is 21. The second-order valence-electron chi connectivity index (χ2n) is 24.0. The maximum atomic E-state index is 11.9. The van der Waals surface area contributed by atoms with Crippen LogP contribution in [0.4, 0.5) is 0 Å². The third-order valence-electron chi connectivity index (χ3n) is 17.1. The largest absolute Gasteiger partial charge is 0.394 e. The van der Waals surface area contributed by atoms with Gasteiger partial charge in [-0.15, -0.1) is 0 Å². The Morgan fingerprint density at radius 2 is 0.276 bits per heavy atom. The highest BCUT2D eigenvalue weighted by Crippen LogP contribution is 2.40. The number of ether oxygens (including phenoxy) is 21. The van der Waals surface area contributed by atoms with E-state index in [1.807, 2.05) is 0 Å². The van der Waals surface area contributed by atoms with Crippen molar-refractivity contribution < 1.29 is 207 Å². The van der Waals surface area contributed by atoms with Gasteiger partial charge in [-0.2, -0.15) is 0 Å². The van der Waals surface area contributed by atoms with E-state index in [4.69, 9.17) is 99.5 Å². The molecule has 0 radical (unpaired) electrons. The molecule has 42 heteroatoms. The summed E-state index contributed by atoms with van der Waals surface area (Å²) in [5.74, 6) is 0. The van der Waals surface area contributed by atoms with Gasteiger partial charge in [-0.1, -0.05) is 0 Å². The first kappa shape index (κ1) is 82.0. The second kappa shape index (κ2) is 40.2. The van der Waals surface area contributed by atoms with Crippen molar-refractivity contribution in [1.82, 2.24) is 0 Å². The zero-order valence-electron chi connectivity index (χ0n) is 53.0. The monoisotopic (exact) mass is 1440 g/mol.